The number of hydrogen-bond acceptors (Lipinski definition) is 4. The Kier molecular flexibility index (Phi) is 22.6. The van der Waals surface area contributed by atoms with Crippen LogP contribution in [0.4, 0.5) is 0 Å². The Labute approximate surface area is 345 Å². The summed E-state index contributed by atoms with van der Waals surface area (Å²) >= 11 is 19.2. The zero-order chi connectivity index (χ0) is 33.4. The molecule has 0 aromatic heterocycles. The molecule has 2 fully saturated rings. The van der Waals surface area contributed by atoms with Crippen LogP contribution >= 0.6 is 39.0 Å². The zero-order valence-electron chi connectivity index (χ0n) is 27.1. The monoisotopic (exact) mass is 1110 g/mol. The second kappa shape index (κ2) is 23.8. The number of likely N-dealkylation sites (tertiary alicyclic amines) is 2. The molecule has 0 amide bonds. The van der Waals surface area contributed by atoms with Crippen molar-refractivity contribution in [2.24, 2.45) is 0 Å². The van der Waals surface area contributed by atoms with Crippen LogP contribution in [-0.4, -0.2) is 44.6 Å². The summed E-state index contributed by atoms with van der Waals surface area (Å²) in [6.07, 6.45) is 5.04. The molecule has 6 rings (SSSR count). The summed E-state index contributed by atoms with van der Waals surface area (Å²) in [4.78, 5) is 4.15. The molecule has 0 spiro atoms. The van der Waals surface area contributed by atoms with Gasteiger partial charge in [-0.25, -0.2) is 0 Å². The van der Waals surface area contributed by atoms with Crippen molar-refractivity contribution in [1.29, 1.82) is 0 Å². The minimum atomic E-state index is -1.65. The Morgan fingerprint density at radius 3 is 0.771 bits per heavy atom. The molecule has 0 aliphatic carbocycles. The van der Waals surface area contributed by atoms with Gasteiger partial charge in [0.1, 0.15) is 0 Å². The van der Waals surface area contributed by atoms with Crippen molar-refractivity contribution in [2.45, 2.75) is 25.7 Å². The van der Waals surface area contributed by atoms with Crippen molar-refractivity contribution in [3.8, 4) is 0 Å². The van der Waals surface area contributed by atoms with E-state index in [0.717, 1.165) is 26.2 Å². The SMILES string of the molecule is S=C([S-])N1CCCC1.S=C([S-])N1CCCC1.[Au].[Au].[CH2-][P+]([CH2-])(c1ccccc1)c1ccccc1.[CH2-][P+]([CH2-])(c1ccccc1)c1ccccc1. The summed E-state index contributed by atoms with van der Waals surface area (Å²) in [7, 11) is -3.29. The Balaban J connectivity index is 0.000000329. The second-order valence-electron chi connectivity index (χ2n) is 11.2. The average Bonchev–Trinajstić information content (AvgIpc) is 3.84. The predicted molar refractivity (Wildman–Crippen MR) is 221 cm³/mol. The predicted octanol–water partition coefficient (Wildman–Crippen LogP) is 8.30. The number of rotatable bonds is 4. The Hall–Kier alpha value is -0.559. The van der Waals surface area contributed by atoms with Gasteiger partial charge in [-0.3, -0.25) is 0 Å². The smallest absolute Gasteiger partial charge is 0.0408 e. The van der Waals surface area contributed by atoms with Crippen LogP contribution in [0.3, 0.4) is 0 Å². The fourth-order valence-electron chi connectivity index (χ4n) is 4.95. The summed E-state index contributed by atoms with van der Waals surface area (Å²) < 4.78 is 1.28. The molecule has 2 nitrogen and oxygen atoms in total. The van der Waals surface area contributed by atoms with Crippen molar-refractivity contribution in [1.82, 2.24) is 9.80 Å². The molecule has 2 saturated heterocycles. The van der Waals surface area contributed by atoms with Crippen molar-refractivity contribution in [2.75, 3.05) is 26.2 Å². The average molecular weight is 1110 g/mol. The van der Waals surface area contributed by atoms with Gasteiger partial charge in [-0.2, -0.15) is 41.2 Å². The van der Waals surface area contributed by atoms with Crippen LogP contribution in [0.2, 0.25) is 0 Å². The van der Waals surface area contributed by atoms with Crippen molar-refractivity contribution >= 4 is 94.1 Å². The first kappa shape index (κ1) is 45.5. The van der Waals surface area contributed by atoms with Crippen LogP contribution in [0.15, 0.2) is 121 Å². The Morgan fingerprint density at radius 2 is 0.625 bits per heavy atom. The van der Waals surface area contributed by atoms with Crippen molar-refractivity contribution in [3.63, 3.8) is 0 Å². The van der Waals surface area contributed by atoms with E-state index in [0.29, 0.717) is 8.64 Å². The third-order valence-electron chi connectivity index (χ3n) is 7.73. The molecule has 0 bridgehead atoms. The minimum absolute atomic E-state index is 0. The van der Waals surface area contributed by atoms with E-state index in [1.165, 1.54) is 46.9 Å². The van der Waals surface area contributed by atoms with Gasteiger partial charge < -0.3 is 59.5 Å². The molecular weight excluding hydrogens is 1070 g/mol. The number of hydrogen-bond donors (Lipinski definition) is 0. The quantitative estimate of drug-likeness (QED) is 0.0664. The van der Waals surface area contributed by atoms with Crippen LogP contribution in [0.5, 0.6) is 0 Å². The molecule has 2 radical (unpaired) electrons. The standard InChI is InChI=1S/2C14H14P.2C5H9NS2.2Au/c2*1-15(2,13-9-5-3-6-10-13)14-11-7-4-8-12-14;2*7-5(8)6-3-1-2-4-6;;/h2*3-12H,1-2H2;2*1-4H2,(H,7,8);;/q2*-1;;;;/p-2. The summed E-state index contributed by atoms with van der Waals surface area (Å²) in [5.41, 5.74) is 0. The molecule has 0 saturated carbocycles. The fraction of sp³-hybridized carbons (Fsp3) is 0.211. The first-order chi connectivity index (χ1) is 22.0. The molecule has 10 heteroatoms. The van der Waals surface area contributed by atoms with Crippen molar-refractivity contribution in [3.05, 3.63) is 148 Å². The van der Waals surface area contributed by atoms with E-state index in [2.05, 4.69) is 85.0 Å². The first-order valence-electron chi connectivity index (χ1n) is 15.3. The molecule has 0 atom stereocenters. The largest absolute Gasteiger partial charge is 0.411 e. The van der Waals surface area contributed by atoms with E-state index in [4.69, 9.17) is 49.7 Å². The Bertz CT molecular complexity index is 1260. The molecule has 0 N–H and O–H groups in total. The van der Waals surface area contributed by atoms with Gasteiger partial charge in [0.25, 0.3) is 0 Å². The van der Waals surface area contributed by atoms with Crippen LogP contribution in [0.25, 0.3) is 0 Å². The summed E-state index contributed by atoms with van der Waals surface area (Å²) in [6, 6.07) is 41.3. The van der Waals surface area contributed by atoms with Gasteiger partial charge in [0.05, 0.1) is 0 Å². The van der Waals surface area contributed by atoms with Gasteiger partial charge in [0.15, 0.2) is 0 Å². The van der Waals surface area contributed by atoms with E-state index >= 15 is 0 Å². The summed E-state index contributed by atoms with van der Waals surface area (Å²) in [5.74, 6) is 0. The summed E-state index contributed by atoms with van der Waals surface area (Å²) in [6.45, 7) is 21.6. The molecule has 2 aliphatic heterocycles. The molecule has 0 unspecified atom stereocenters. The van der Waals surface area contributed by atoms with Gasteiger partial charge in [0, 0.05) is 92.2 Å². The maximum atomic E-state index is 4.80. The number of thiocarbonyl (C=S) groups is 2. The summed E-state index contributed by atoms with van der Waals surface area (Å²) in [5, 5.41) is 4.99. The van der Waals surface area contributed by atoms with Crippen LogP contribution in [0.1, 0.15) is 25.7 Å². The third kappa shape index (κ3) is 15.0. The molecule has 48 heavy (non-hydrogen) atoms. The van der Waals surface area contributed by atoms with Crippen molar-refractivity contribution < 1.29 is 44.8 Å². The molecular formula is C38H44Au2N2P2S4-4. The van der Waals surface area contributed by atoms with Gasteiger partial charge in [-0.15, -0.1) is 0 Å². The maximum absolute atomic E-state index is 4.80. The van der Waals surface area contributed by atoms with Gasteiger partial charge >= 0.3 is 0 Å². The van der Waals surface area contributed by atoms with E-state index in [1.54, 1.807) is 0 Å². The number of benzene rings is 4. The van der Waals surface area contributed by atoms with E-state index in [-0.39, 0.29) is 44.8 Å². The molecule has 2 heterocycles. The fourth-order valence-corrected chi connectivity index (χ4v) is 9.25. The first-order valence-corrected chi connectivity index (χ1v) is 21.3. The third-order valence-corrected chi connectivity index (χ3v) is 13.9. The molecule has 4 aromatic rings. The van der Waals surface area contributed by atoms with E-state index in [1.807, 2.05) is 72.8 Å². The normalized spacial score (nSPS) is 13.5. The van der Waals surface area contributed by atoms with E-state index in [9.17, 15) is 0 Å². The van der Waals surface area contributed by atoms with Gasteiger partial charge in [-0.1, -0.05) is 81.4 Å². The molecule has 2 aliphatic rings. The van der Waals surface area contributed by atoms with E-state index < -0.39 is 14.5 Å². The van der Waals surface area contributed by atoms with Crippen LogP contribution < -0.4 is 21.2 Å². The molecule has 4 aromatic carbocycles. The second-order valence-corrected chi connectivity index (χ2v) is 19.2. The van der Waals surface area contributed by atoms with Gasteiger partial charge in [0.2, 0.25) is 0 Å². The number of nitrogens with zero attached hydrogens (tertiary/aromatic N) is 2. The van der Waals surface area contributed by atoms with Crippen LogP contribution in [-0.2, 0) is 70.0 Å². The van der Waals surface area contributed by atoms with Crippen LogP contribution in [0, 0.1) is 26.7 Å². The molecule has 266 valence electrons. The maximum Gasteiger partial charge on any atom is 0.0408 e. The minimum Gasteiger partial charge on any atom is -0.411 e. The zero-order valence-corrected chi connectivity index (χ0v) is 36.4. The topological polar surface area (TPSA) is 6.48 Å². The van der Waals surface area contributed by atoms with Gasteiger partial charge in [-0.05, 0) is 74.2 Å². The Morgan fingerprint density at radius 1 is 0.438 bits per heavy atom.